The van der Waals surface area contributed by atoms with Gasteiger partial charge >= 0.3 is 0 Å². The fraction of sp³-hybridized carbons (Fsp3) is 0.600. The molecule has 3 rings (SSSR count). The van der Waals surface area contributed by atoms with E-state index in [4.69, 9.17) is 5.73 Å². The van der Waals surface area contributed by atoms with Crippen LogP contribution in [0.3, 0.4) is 0 Å². The summed E-state index contributed by atoms with van der Waals surface area (Å²) in [6.45, 7) is 8.32. The van der Waals surface area contributed by atoms with Gasteiger partial charge in [0.1, 0.15) is 16.5 Å². The zero-order chi connectivity index (χ0) is 15.2. The highest BCUT2D eigenvalue weighted by atomic mass is 32.1. The first-order valence-electron chi connectivity index (χ1n) is 7.32. The lowest BCUT2D eigenvalue weighted by Crippen LogP contribution is -2.45. The second kappa shape index (κ2) is 5.19. The lowest BCUT2D eigenvalue weighted by atomic mass is 9.95. The van der Waals surface area contributed by atoms with E-state index in [-0.39, 0.29) is 0 Å². The van der Waals surface area contributed by atoms with Gasteiger partial charge in [0.05, 0.1) is 17.5 Å². The fourth-order valence-corrected chi connectivity index (χ4v) is 4.11. The van der Waals surface area contributed by atoms with E-state index in [0.29, 0.717) is 18.9 Å². The van der Waals surface area contributed by atoms with Crippen LogP contribution in [0.5, 0.6) is 0 Å². The van der Waals surface area contributed by atoms with E-state index < -0.39 is 5.60 Å². The SMILES string of the molecule is Cc1sc2nc(CN3CCCC(C)(O)C3)nc(N)c2c1C. The molecule has 1 saturated heterocycles. The number of aryl methyl sites for hydroxylation is 2. The van der Waals surface area contributed by atoms with Crippen molar-refractivity contribution in [1.29, 1.82) is 0 Å². The standard InChI is InChI=1S/C15H22N4OS/c1-9-10(2)21-14-12(9)13(16)17-11(18-14)7-19-6-4-5-15(3,20)8-19/h20H,4-8H2,1-3H3,(H2,16,17,18). The molecule has 0 aromatic carbocycles. The van der Waals surface area contributed by atoms with E-state index >= 15 is 0 Å². The third-order valence-electron chi connectivity index (χ3n) is 4.22. The number of hydrogen-bond donors (Lipinski definition) is 2. The normalized spacial score (nSPS) is 23.8. The van der Waals surface area contributed by atoms with Gasteiger partial charge in [-0.15, -0.1) is 11.3 Å². The fourth-order valence-electron chi connectivity index (χ4n) is 3.06. The predicted molar refractivity (Wildman–Crippen MR) is 86.4 cm³/mol. The minimum Gasteiger partial charge on any atom is -0.389 e. The minimum absolute atomic E-state index is 0.570. The van der Waals surface area contributed by atoms with Gasteiger partial charge in [-0.25, -0.2) is 9.97 Å². The number of nitrogens with two attached hydrogens (primary N) is 1. The average molecular weight is 306 g/mol. The van der Waals surface area contributed by atoms with Crippen molar-refractivity contribution >= 4 is 27.4 Å². The number of β-amino-alcohol motifs (C(OH)–C–C–N with tert-alkyl or cyclic N) is 1. The molecular formula is C15H22N4OS. The number of piperidine rings is 1. The van der Waals surface area contributed by atoms with E-state index in [9.17, 15) is 5.11 Å². The zero-order valence-corrected chi connectivity index (χ0v) is 13.6. The summed E-state index contributed by atoms with van der Waals surface area (Å²) in [5.74, 6) is 1.32. The molecule has 21 heavy (non-hydrogen) atoms. The molecule has 1 unspecified atom stereocenters. The molecule has 0 saturated carbocycles. The lowest BCUT2D eigenvalue weighted by Gasteiger charge is -2.36. The van der Waals surface area contributed by atoms with Crippen molar-refractivity contribution in [2.24, 2.45) is 0 Å². The summed E-state index contributed by atoms with van der Waals surface area (Å²) in [6.07, 6.45) is 1.86. The Kier molecular flexibility index (Phi) is 3.63. The van der Waals surface area contributed by atoms with Crippen molar-refractivity contribution < 1.29 is 5.11 Å². The predicted octanol–water partition coefficient (Wildman–Crippen LogP) is 2.24. The lowest BCUT2D eigenvalue weighted by molar-refractivity contribution is -0.0188. The molecular weight excluding hydrogens is 284 g/mol. The summed E-state index contributed by atoms with van der Waals surface area (Å²) < 4.78 is 0. The summed E-state index contributed by atoms with van der Waals surface area (Å²) >= 11 is 1.67. The third-order valence-corrected chi connectivity index (χ3v) is 5.32. The Bertz CT molecular complexity index is 680. The second-order valence-electron chi connectivity index (χ2n) is 6.30. The van der Waals surface area contributed by atoms with Crippen LogP contribution in [0.2, 0.25) is 0 Å². The Balaban J connectivity index is 1.88. The number of aromatic nitrogens is 2. The maximum absolute atomic E-state index is 10.2. The number of nitrogen functional groups attached to an aromatic ring is 1. The molecule has 1 aliphatic rings. The molecule has 2 aromatic heterocycles. The van der Waals surface area contributed by atoms with Crippen LogP contribution < -0.4 is 5.73 Å². The van der Waals surface area contributed by atoms with Crippen LogP contribution in [0.4, 0.5) is 5.82 Å². The quantitative estimate of drug-likeness (QED) is 0.890. The van der Waals surface area contributed by atoms with Gasteiger partial charge in [0.2, 0.25) is 0 Å². The van der Waals surface area contributed by atoms with Gasteiger partial charge < -0.3 is 10.8 Å². The summed E-state index contributed by atoms with van der Waals surface area (Å²) in [4.78, 5) is 13.5. The Labute approximate surface area is 128 Å². The number of fused-ring (bicyclic) bond motifs is 1. The number of hydrogen-bond acceptors (Lipinski definition) is 6. The van der Waals surface area contributed by atoms with Crippen LogP contribution in [0.1, 0.15) is 36.0 Å². The Morgan fingerprint density at radius 2 is 2.14 bits per heavy atom. The number of thiophene rings is 1. The van der Waals surface area contributed by atoms with Gasteiger partial charge in [-0.1, -0.05) is 0 Å². The largest absolute Gasteiger partial charge is 0.389 e. The first kappa shape index (κ1) is 14.7. The molecule has 0 bridgehead atoms. The van der Waals surface area contributed by atoms with Crippen molar-refractivity contribution in [3.8, 4) is 0 Å². The molecule has 5 nitrogen and oxygen atoms in total. The van der Waals surface area contributed by atoms with Gasteiger partial charge in [-0.05, 0) is 45.7 Å². The van der Waals surface area contributed by atoms with Gasteiger partial charge in [-0.3, -0.25) is 4.90 Å². The van der Waals surface area contributed by atoms with Gasteiger partial charge in [-0.2, -0.15) is 0 Å². The van der Waals surface area contributed by atoms with Crippen LogP contribution in [0, 0.1) is 13.8 Å². The molecule has 0 radical (unpaired) electrons. The third kappa shape index (κ3) is 2.88. The van der Waals surface area contributed by atoms with E-state index in [1.54, 1.807) is 11.3 Å². The summed E-state index contributed by atoms with van der Waals surface area (Å²) in [6, 6.07) is 0. The Morgan fingerprint density at radius 1 is 1.38 bits per heavy atom. The molecule has 0 amide bonds. The van der Waals surface area contributed by atoms with Crippen molar-refractivity contribution in [2.75, 3.05) is 18.8 Å². The molecule has 1 fully saturated rings. The molecule has 3 N–H and O–H groups in total. The summed E-state index contributed by atoms with van der Waals surface area (Å²) in [7, 11) is 0. The molecule has 6 heteroatoms. The minimum atomic E-state index is -0.607. The van der Waals surface area contributed by atoms with E-state index in [2.05, 4.69) is 28.7 Å². The van der Waals surface area contributed by atoms with Gasteiger partial charge in [0.25, 0.3) is 0 Å². The number of likely N-dealkylation sites (tertiary alicyclic amines) is 1. The number of anilines is 1. The van der Waals surface area contributed by atoms with Crippen LogP contribution >= 0.6 is 11.3 Å². The second-order valence-corrected chi connectivity index (χ2v) is 7.50. The Hall–Kier alpha value is -1.24. The molecule has 3 heterocycles. The number of rotatable bonds is 2. The van der Waals surface area contributed by atoms with Crippen molar-refractivity contribution in [1.82, 2.24) is 14.9 Å². The van der Waals surface area contributed by atoms with Gasteiger partial charge in [0.15, 0.2) is 0 Å². The van der Waals surface area contributed by atoms with Crippen molar-refractivity contribution in [2.45, 2.75) is 45.8 Å². The number of nitrogens with zero attached hydrogens (tertiary/aromatic N) is 3. The number of aliphatic hydroxyl groups is 1. The highest BCUT2D eigenvalue weighted by molar-refractivity contribution is 7.18. The monoisotopic (exact) mass is 306 g/mol. The summed E-state index contributed by atoms with van der Waals surface area (Å²) in [5, 5.41) is 11.2. The van der Waals surface area contributed by atoms with Crippen molar-refractivity contribution in [3.05, 3.63) is 16.3 Å². The summed E-state index contributed by atoms with van der Waals surface area (Å²) in [5.41, 5.74) is 6.69. The smallest absolute Gasteiger partial charge is 0.146 e. The van der Waals surface area contributed by atoms with Crippen LogP contribution in [0.25, 0.3) is 10.2 Å². The maximum Gasteiger partial charge on any atom is 0.146 e. The van der Waals surface area contributed by atoms with Crippen LogP contribution in [-0.2, 0) is 6.54 Å². The molecule has 0 aliphatic carbocycles. The molecule has 0 spiro atoms. The topological polar surface area (TPSA) is 75.3 Å². The molecule has 1 aliphatic heterocycles. The molecule has 114 valence electrons. The average Bonchev–Trinajstić information content (AvgIpc) is 2.63. The highest BCUT2D eigenvalue weighted by Gasteiger charge is 2.28. The maximum atomic E-state index is 10.2. The molecule has 2 aromatic rings. The van der Waals surface area contributed by atoms with E-state index in [0.717, 1.165) is 35.4 Å². The van der Waals surface area contributed by atoms with E-state index in [1.165, 1.54) is 10.4 Å². The highest BCUT2D eigenvalue weighted by Crippen LogP contribution is 2.32. The first-order valence-corrected chi connectivity index (χ1v) is 8.14. The molecule has 1 atom stereocenters. The van der Waals surface area contributed by atoms with E-state index in [1.807, 2.05) is 6.92 Å². The van der Waals surface area contributed by atoms with Crippen molar-refractivity contribution in [3.63, 3.8) is 0 Å². The zero-order valence-electron chi connectivity index (χ0n) is 12.8. The van der Waals surface area contributed by atoms with Gasteiger partial charge in [0, 0.05) is 11.4 Å². The van der Waals surface area contributed by atoms with Crippen LogP contribution in [-0.4, -0.2) is 38.7 Å². The Morgan fingerprint density at radius 3 is 2.86 bits per heavy atom. The first-order chi connectivity index (χ1) is 9.85. The van der Waals surface area contributed by atoms with Crippen LogP contribution in [0.15, 0.2) is 0 Å².